The molecule has 1 aromatic rings. The highest BCUT2D eigenvalue weighted by Gasteiger charge is 2.16. The van der Waals surface area contributed by atoms with Crippen molar-refractivity contribution in [3.63, 3.8) is 0 Å². The number of pyridine rings is 1. The minimum atomic E-state index is -0.352. The molecule has 0 spiro atoms. The predicted octanol–water partition coefficient (Wildman–Crippen LogP) is 1.46. The lowest BCUT2D eigenvalue weighted by Crippen LogP contribution is -2.03. The van der Waals surface area contributed by atoms with E-state index in [0.29, 0.717) is 0 Å². The van der Waals surface area contributed by atoms with Crippen LogP contribution < -0.4 is 0 Å². The second-order valence-electron chi connectivity index (χ2n) is 2.35. The quantitative estimate of drug-likeness (QED) is 0.611. The maximum absolute atomic E-state index is 10.6. The maximum Gasteiger partial charge on any atom is 0.149 e. The summed E-state index contributed by atoms with van der Waals surface area (Å²) in [6.07, 6.45) is 2.55. The predicted molar refractivity (Wildman–Crippen MR) is 47.4 cm³/mol. The monoisotopic (exact) mass is 178 g/mol. The molecule has 0 saturated heterocycles. The zero-order valence-corrected chi connectivity index (χ0v) is 6.99. The van der Waals surface area contributed by atoms with Crippen LogP contribution in [0.4, 0.5) is 0 Å². The van der Waals surface area contributed by atoms with E-state index in [4.69, 9.17) is 0 Å². The van der Waals surface area contributed by atoms with Crippen molar-refractivity contribution in [1.82, 2.24) is 4.98 Å². The molecule has 4 heteroatoms. The Morgan fingerprint density at radius 1 is 1.58 bits per heavy atom. The van der Waals surface area contributed by atoms with Crippen molar-refractivity contribution in [3.8, 4) is 0 Å². The van der Waals surface area contributed by atoms with E-state index in [1.165, 1.54) is 11.8 Å². The van der Waals surface area contributed by atoms with E-state index < -0.39 is 0 Å². The summed E-state index contributed by atoms with van der Waals surface area (Å²) in [4.78, 5) is 18.7. The largest absolute Gasteiger partial charge is 0.301 e. The number of aliphatic imine (C=N–C) groups is 1. The van der Waals surface area contributed by atoms with Crippen LogP contribution in [0, 0.1) is 0 Å². The molecular formula is C8H6N2OS. The Labute approximate surface area is 73.9 Å². The number of rotatable bonds is 1. The zero-order chi connectivity index (χ0) is 8.39. The molecule has 0 N–H and O–H groups in total. The second-order valence-corrected chi connectivity index (χ2v) is 3.18. The fourth-order valence-electron chi connectivity index (χ4n) is 1.06. The molecular weight excluding hydrogens is 172 g/mol. The average molecular weight is 178 g/mol. The Morgan fingerprint density at radius 2 is 2.50 bits per heavy atom. The lowest BCUT2D eigenvalue weighted by molar-refractivity contribution is -0.108. The third kappa shape index (κ3) is 1.14. The molecule has 2 rings (SSSR count). The molecule has 1 aliphatic rings. The van der Waals surface area contributed by atoms with Crippen LogP contribution in [-0.2, 0) is 4.79 Å². The molecule has 0 aliphatic carbocycles. The SMILES string of the molecule is O=CC1N=CSc2ncccc21. The Morgan fingerprint density at radius 3 is 3.33 bits per heavy atom. The van der Waals surface area contributed by atoms with Crippen molar-refractivity contribution >= 4 is 23.6 Å². The molecule has 1 unspecified atom stereocenters. The minimum Gasteiger partial charge on any atom is -0.301 e. The molecule has 1 aromatic heterocycles. The topological polar surface area (TPSA) is 42.3 Å². The van der Waals surface area contributed by atoms with E-state index >= 15 is 0 Å². The summed E-state index contributed by atoms with van der Waals surface area (Å²) >= 11 is 1.45. The standard InChI is InChI=1S/C8H6N2OS/c11-4-7-6-2-1-3-9-8(6)12-5-10-7/h1-5,7H. The third-order valence-electron chi connectivity index (χ3n) is 1.63. The van der Waals surface area contributed by atoms with Crippen LogP contribution in [0.15, 0.2) is 28.3 Å². The van der Waals surface area contributed by atoms with E-state index in [0.717, 1.165) is 16.9 Å². The first-order valence-electron chi connectivity index (χ1n) is 3.50. The van der Waals surface area contributed by atoms with E-state index in [2.05, 4.69) is 9.98 Å². The fourth-order valence-corrected chi connectivity index (χ4v) is 1.80. The summed E-state index contributed by atoms with van der Waals surface area (Å²) < 4.78 is 0. The first-order chi connectivity index (χ1) is 5.92. The molecule has 1 aliphatic heterocycles. The molecule has 0 saturated carbocycles. The van der Waals surface area contributed by atoms with Gasteiger partial charge in [0.2, 0.25) is 0 Å². The molecule has 0 amide bonds. The number of aromatic nitrogens is 1. The third-order valence-corrected chi connectivity index (χ3v) is 2.43. The fraction of sp³-hybridized carbons (Fsp3) is 0.125. The second kappa shape index (κ2) is 3.06. The summed E-state index contributed by atoms with van der Waals surface area (Å²) in [5, 5.41) is 0.879. The van der Waals surface area contributed by atoms with E-state index in [1.54, 1.807) is 11.7 Å². The van der Waals surface area contributed by atoms with Gasteiger partial charge < -0.3 is 4.79 Å². The molecule has 1 atom stereocenters. The molecule has 0 bridgehead atoms. The van der Waals surface area contributed by atoms with Gasteiger partial charge in [-0.2, -0.15) is 0 Å². The van der Waals surface area contributed by atoms with Gasteiger partial charge in [-0.05, 0) is 6.07 Å². The first kappa shape index (κ1) is 7.49. The Balaban J connectivity index is 2.49. The molecule has 0 fully saturated rings. The van der Waals surface area contributed by atoms with Crippen molar-refractivity contribution in [2.45, 2.75) is 11.1 Å². The van der Waals surface area contributed by atoms with Crippen LogP contribution in [0.25, 0.3) is 0 Å². The Hall–Kier alpha value is -1.16. The highest BCUT2D eigenvalue weighted by Crippen LogP contribution is 2.29. The van der Waals surface area contributed by atoms with E-state index in [1.807, 2.05) is 12.1 Å². The lowest BCUT2D eigenvalue weighted by atomic mass is 10.1. The Kier molecular flexibility index (Phi) is 1.91. The number of fused-ring (bicyclic) bond motifs is 1. The van der Waals surface area contributed by atoms with Crippen molar-refractivity contribution in [3.05, 3.63) is 23.9 Å². The molecule has 2 heterocycles. The van der Waals surface area contributed by atoms with E-state index in [9.17, 15) is 4.79 Å². The van der Waals surface area contributed by atoms with Gasteiger partial charge >= 0.3 is 0 Å². The van der Waals surface area contributed by atoms with Crippen LogP contribution in [0.1, 0.15) is 11.6 Å². The van der Waals surface area contributed by atoms with Gasteiger partial charge in [0.25, 0.3) is 0 Å². The van der Waals surface area contributed by atoms with Gasteiger partial charge in [-0.25, -0.2) is 4.98 Å². The number of thioether (sulfide) groups is 1. The van der Waals surface area contributed by atoms with Gasteiger partial charge in [-0.15, -0.1) is 0 Å². The average Bonchev–Trinajstić information content (AvgIpc) is 2.17. The summed E-state index contributed by atoms with van der Waals surface area (Å²) in [7, 11) is 0. The summed E-state index contributed by atoms with van der Waals surface area (Å²) in [5.41, 5.74) is 2.56. The van der Waals surface area contributed by atoms with Gasteiger partial charge in [0.1, 0.15) is 17.4 Å². The van der Waals surface area contributed by atoms with Gasteiger partial charge in [0.15, 0.2) is 0 Å². The first-order valence-corrected chi connectivity index (χ1v) is 4.38. The minimum absolute atomic E-state index is 0.352. The van der Waals surface area contributed by atoms with Crippen molar-refractivity contribution in [2.75, 3.05) is 0 Å². The van der Waals surface area contributed by atoms with Crippen LogP contribution in [0.5, 0.6) is 0 Å². The van der Waals surface area contributed by atoms with Gasteiger partial charge in [0, 0.05) is 11.8 Å². The summed E-state index contributed by atoms with van der Waals surface area (Å²) in [6, 6.07) is 3.34. The Bertz CT molecular complexity index is 338. The zero-order valence-electron chi connectivity index (χ0n) is 6.18. The van der Waals surface area contributed by atoms with Crippen LogP contribution in [0.2, 0.25) is 0 Å². The van der Waals surface area contributed by atoms with Crippen LogP contribution in [-0.4, -0.2) is 16.8 Å². The van der Waals surface area contributed by atoms with Crippen LogP contribution in [0.3, 0.4) is 0 Å². The molecule has 3 nitrogen and oxygen atoms in total. The van der Waals surface area contributed by atoms with Gasteiger partial charge in [-0.3, -0.25) is 4.99 Å². The maximum atomic E-state index is 10.6. The van der Waals surface area contributed by atoms with Crippen molar-refractivity contribution < 1.29 is 4.79 Å². The lowest BCUT2D eigenvalue weighted by Gasteiger charge is -2.12. The summed E-state index contributed by atoms with van der Waals surface area (Å²) in [6.45, 7) is 0. The number of carbonyl (C=O) groups excluding carboxylic acids is 1. The van der Waals surface area contributed by atoms with Gasteiger partial charge in [-0.1, -0.05) is 17.8 Å². The summed E-state index contributed by atoms with van der Waals surface area (Å²) in [5.74, 6) is 0. The van der Waals surface area contributed by atoms with Gasteiger partial charge in [0.05, 0.1) is 5.55 Å². The number of hydrogen-bond donors (Lipinski definition) is 0. The number of aldehydes is 1. The molecule has 12 heavy (non-hydrogen) atoms. The van der Waals surface area contributed by atoms with Crippen molar-refractivity contribution in [2.24, 2.45) is 4.99 Å². The molecule has 0 radical (unpaired) electrons. The molecule has 0 aromatic carbocycles. The van der Waals surface area contributed by atoms with E-state index in [-0.39, 0.29) is 6.04 Å². The normalized spacial score (nSPS) is 20.2. The van der Waals surface area contributed by atoms with Crippen molar-refractivity contribution in [1.29, 1.82) is 0 Å². The number of carbonyl (C=O) groups is 1. The number of nitrogens with zero attached hydrogens (tertiary/aromatic N) is 2. The van der Waals surface area contributed by atoms with Crippen LogP contribution >= 0.6 is 11.8 Å². The highest BCUT2D eigenvalue weighted by molar-refractivity contribution is 8.12. The molecule has 60 valence electrons. The smallest absolute Gasteiger partial charge is 0.149 e. The highest BCUT2D eigenvalue weighted by atomic mass is 32.2. The number of hydrogen-bond acceptors (Lipinski definition) is 4.